The molecule has 0 fully saturated rings. The third-order valence-electron chi connectivity index (χ3n) is 10.2. The number of aromatic nitrogens is 6. The van der Waals surface area contributed by atoms with E-state index in [1.54, 1.807) is 11.3 Å². The molecular formula is C43H24N6OS. The standard InChI is InChI=1S/C43H24N6OS/c1-7-19-31-25(13-1)26-14-2-8-20-32(26)47(31)41-44-42(48-33-21-9-3-15-27(33)28-16-4-10-22-34(28)48)46-43(45-41)49-39-37(29-17-5-11-23-35(29)50-39)38-30-18-6-12-24-36(30)51-40(38)49/h1-24H. The Kier molecular flexibility index (Phi) is 5.26. The van der Waals surface area contributed by atoms with Gasteiger partial charge in [0.05, 0.1) is 27.5 Å². The van der Waals surface area contributed by atoms with Gasteiger partial charge in [-0.3, -0.25) is 9.13 Å². The fourth-order valence-electron chi connectivity index (χ4n) is 8.06. The Balaban J connectivity index is 1.27. The van der Waals surface area contributed by atoms with Gasteiger partial charge in [-0.25, -0.2) is 4.57 Å². The van der Waals surface area contributed by atoms with Gasteiger partial charge >= 0.3 is 0 Å². The smallest absolute Gasteiger partial charge is 0.244 e. The Morgan fingerprint density at radius 1 is 0.392 bits per heavy atom. The van der Waals surface area contributed by atoms with Crippen LogP contribution in [-0.2, 0) is 0 Å². The Labute approximate surface area is 292 Å². The molecule has 51 heavy (non-hydrogen) atoms. The fourth-order valence-corrected chi connectivity index (χ4v) is 9.26. The first-order chi connectivity index (χ1) is 25.3. The number of benzene rings is 6. The zero-order valence-electron chi connectivity index (χ0n) is 26.9. The SMILES string of the molecule is c1ccc2c(c1)oc1c2c2c3ccccc3sc2n1-c1nc(-n2c3ccccc3c3ccccc32)nc(-n2c3ccccc3c3ccccc32)n1. The van der Waals surface area contributed by atoms with E-state index in [0.29, 0.717) is 17.8 Å². The highest BCUT2D eigenvalue weighted by atomic mass is 32.1. The van der Waals surface area contributed by atoms with E-state index in [2.05, 4.69) is 147 Å². The van der Waals surface area contributed by atoms with Crippen LogP contribution in [0.4, 0.5) is 0 Å². The van der Waals surface area contributed by atoms with Crippen LogP contribution in [0.2, 0.25) is 0 Å². The maximum Gasteiger partial charge on any atom is 0.244 e. The molecule has 0 N–H and O–H groups in total. The van der Waals surface area contributed by atoms with Crippen molar-refractivity contribution in [2.75, 3.05) is 0 Å². The zero-order valence-corrected chi connectivity index (χ0v) is 27.7. The third kappa shape index (κ3) is 3.58. The van der Waals surface area contributed by atoms with E-state index in [0.717, 1.165) is 75.9 Å². The molecule has 0 amide bonds. The van der Waals surface area contributed by atoms with Crippen molar-refractivity contribution in [3.05, 3.63) is 146 Å². The van der Waals surface area contributed by atoms with E-state index in [1.807, 2.05) is 12.1 Å². The summed E-state index contributed by atoms with van der Waals surface area (Å²) in [6.07, 6.45) is 0. The summed E-state index contributed by atoms with van der Waals surface area (Å²) >= 11 is 1.73. The molecule has 0 saturated carbocycles. The molecule has 0 aliphatic rings. The van der Waals surface area contributed by atoms with Crippen LogP contribution in [0.3, 0.4) is 0 Å². The van der Waals surface area contributed by atoms with Gasteiger partial charge in [0.15, 0.2) is 0 Å². The Morgan fingerprint density at radius 3 is 1.33 bits per heavy atom. The second-order valence-corrected chi connectivity index (χ2v) is 13.9. The summed E-state index contributed by atoms with van der Waals surface area (Å²) in [7, 11) is 0. The van der Waals surface area contributed by atoms with E-state index < -0.39 is 0 Å². The number of fused-ring (bicyclic) bond motifs is 13. The van der Waals surface area contributed by atoms with Crippen LogP contribution in [-0.4, -0.2) is 28.7 Å². The summed E-state index contributed by atoms with van der Waals surface area (Å²) in [6.45, 7) is 0. The number of thiophene rings is 1. The van der Waals surface area contributed by atoms with Crippen LogP contribution in [0.5, 0.6) is 0 Å². The van der Waals surface area contributed by atoms with Crippen molar-refractivity contribution in [3.63, 3.8) is 0 Å². The van der Waals surface area contributed by atoms with Crippen molar-refractivity contribution < 1.29 is 4.42 Å². The molecule has 0 unspecified atom stereocenters. The first kappa shape index (κ1) is 27.1. The summed E-state index contributed by atoms with van der Waals surface area (Å²) in [5.41, 5.74) is 5.65. The number of para-hydroxylation sites is 5. The topological polar surface area (TPSA) is 66.6 Å². The molecule has 0 bridgehead atoms. The van der Waals surface area contributed by atoms with Crippen LogP contribution in [0.1, 0.15) is 0 Å². The molecule has 238 valence electrons. The average molecular weight is 673 g/mol. The second-order valence-electron chi connectivity index (χ2n) is 12.9. The molecule has 6 heterocycles. The van der Waals surface area contributed by atoms with Crippen LogP contribution < -0.4 is 0 Å². The third-order valence-corrected chi connectivity index (χ3v) is 11.3. The van der Waals surface area contributed by atoms with Gasteiger partial charge in [0, 0.05) is 42.4 Å². The van der Waals surface area contributed by atoms with Crippen LogP contribution in [0.25, 0.3) is 104 Å². The molecule has 0 aliphatic carbocycles. The van der Waals surface area contributed by atoms with E-state index in [9.17, 15) is 0 Å². The lowest BCUT2D eigenvalue weighted by Crippen LogP contribution is -2.13. The lowest BCUT2D eigenvalue weighted by atomic mass is 10.1. The monoisotopic (exact) mass is 672 g/mol. The number of hydrogen-bond acceptors (Lipinski definition) is 5. The molecule has 0 spiro atoms. The highest BCUT2D eigenvalue weighted by Crippen LogP contribution is 2.46. The van der Waals surface area contributed by atoms with Crippen molar-refractivity contribution in [2.24, 2.45) is 0 Å². The van der Waals surface area contributed by atoms with Crippen LogP contribution >= 0.6 is 11.3 Å². The maximum atomic E-state index is 6.73. The summed E-state index contributed by atoms with van der Waals surface area (Å²) < 4.78 is 14.4. The van der Waals surface area contributed by atoms with Gasteiger partial charge in [0.25, 0.3) is 0 Å². The summed E-state index contributed by atoms with van der Waals surface area (Å²) in [5.74, 6) is 1.55. The molecule has 12 rings (SSSR count). The largest absolute Gasteiger partial charge is 0.439 e. The van der Waals surface area contributed by atoms with Crippen LogP contribution in [0.15, 0.2) is 150 Å². The van der Waals surface area contributed by atoms with Gasteiger partial charge in [-0.05, 0) is 36.4 Å². The minimum atomic E-state index is 0.490. The van der Waals surface area contributed by atoms with E-state index in [4.69, 9.17) is 19.4 Å². The number of hydrogen-bond donors (Lipinski definition) is 0. The predicted molar refractivity (Wildman–Crippen MR) is 208 cm³/mol. The van der Waals surface area contributed by atoms with Crippen LogP contribution in [0, 0.1) is 0 Å². The van der Waals surface area contributed by atoms with Crippen molar-refractivity contribution in [1.29, 1.82) is 0 Å². The lowest BCUT2D eigenvalue weighted by molar-refractivity contribution is 0.640. The number of furan rings is 1. The lowest BCUT2D eigenvalue weighted by Gasteiger charge is -2.13. The predicted octanol–water partition coefficient (Wildman–Crippen LogP) is 11.1. The Morgan fingerprint density at radius 2 is 0.804 bits per heavy atom. The number of rotatable bonds is 3. The fraction of sp³-hybridized carbons (Fsp3) is 0. The molecule has 12 aromatic rings. The summed E-state index contributed by atoms with van der Waals surface area (Å²) in [4.78, 5) is 17.1. The minimum absolute atomic E-state index is 0.490. The van der Waals surface area contributed by atoms with E-state index in [-0.39, 0.29) is 0 Å². The van der Waals surface area contributed by atoms with Gasteiger partial charge in [0.1, 0.15) is 10.4 Å². The average Bonchev–Trinajstić information content (AvgIpc) is 3.97. The van der Waals surface area contributed by atoms with E-state index >= 15 is 0 Å². The molecule has 8 heteroatoms. The Hall–Kier alpha value is -6.77. The van der Waals surface area contributed by atoms with Gasteiger partial charge < -0.3 is 4.42 Å². The van der Waals surface area contributed by atoms with Crippen molar-refractivity contribution >= 4 is 97.3 Å². The number of nitrogens with zero attached hydrogens (tertiary/aromatic N) is 6. The Bertz CT molecular complexity index is 3070. The van der Waals surface area contributed by atoms with Gasteiger partial charge in [-0.15, -0.1) is 11.3 Å². The molecule has 7 nitrogen and oxygen atoms in total. The normalized spacial score (nSPS) is 12.3. The quantitative estimate of drug-likeness (QED) is 0.187. The molecule has 0 saturated heterocycles. The van der Waals surface area contributed by atoms with Gasteiger partial charge in [-0.2, -0.15) is 15.0 Å². The molecule has 0 atom stereocenters. The summed E-state index contributed by atoms with van der Waals surface area (Å²) in [6, 6.07) is 50.6. The minimum Gasteiger partial charge on any atom is -0.439 e. The zero-order chi connectivity index (χ0) is 33.2. The highest BCUT2D eigenvalue weighted by Gasteiger charge is 2.27. The first-order valence-corrected chi connectivity index (χ1v) is 17.7. The molecule has 0 radical (unpaired) electrons. The molecule has 6 aromatic carbocycles. The van der Waals surface area contributed by atoms with Crippen molar-refractivity contribution in [1.82, 2.24) is 28.7 Å². The maximum absolute atomic E-state index is 6.73. The van der Waals surface area contributed by atoms with Gasteiger partial charge in [-0.1, -0.05) is 109 Å². The highest BCUT2D eigenvalue weighted by molar-refractivity contribution is 7.25. The van der Waals surface area contributed by atoms with Crippen molar-refractivity contribution in [3.8, 4) is 17.8 Å². The second kappa shape index (κ2) is 9.90. The van der Waals surface area contributed by atoms with E-state index in [1.165, 1.54) is 10.1 Å². The molecular weight excluding hydrogens is 649 g/mol. The van der Waals surface area contributed by atoms with Gasteiger partial charge in [0.2, 0.25) is 23.6 Å². The molecule has 6 aromatic heterocycles. The molecule has 0 aliphatic heterocycles. The van der Waals surface area contributed by atoms with Crippen molar-refractivity contribution in [2.45, 2.75) is 0 Å². The summed E-state index contributed by atoms with van der Waals surface area (Å²) in [5, 5.41) is 9.03. The first-order valence-electron chi connectivity index (χ1n) is 16.9.